The molecule has 9 nitrogen and oxygen atoms in total. The van der Waals surface area contributed by atoms with Crippen molar-refractivity contribution in [1.29, 1.82) is 0 Å². The number of aromatic nitrogens is 4. The summed E-state index contributed by atoms with van der Waals surface area (Å²) in [6.07, 6.45) is 1.39. The highest BCUT2D eigenvalue weighted by molar-refractivity contribution is 7.15. The summed E-state index contributed by atoms with van der Waals surface area (Å²) < 4.78 is 0. The van der Waals surface area contributed by atoms with Crippen LogP contribution in [0.3, 0.4) is 0 Å². The largest absolute Gasteiger partial charge is 0.344 e. The number of rotatable bonds is 7. The predicted molar refractivity (Wildman–Crippen MR) is 144 cm³/mol. The van der Waals surface area contributed by atoms with Gasteiger partial charge in [-0.15, -0.1) is 16.4 Å². The van der Waals surface area contributed by atoms with Crippen molar-refractivity contribution >= 4 is 28.8 Å². The molecule has 0 unspecified atom stereocenters. The van der Waals surface area contributed by atoms with E-state index in [-0.39, 0.29) is 18.2 Å². The minimum atomic E-state index is -0.647. The number of hydrogen-bond donors (Lipinski definition) is 3. The van der Waals surface area contributed by atoms with Crippen LogP contribution < -0.4 is 16.0 Å². The summed E-state index contributed by atoms with van der Waals surface area (Å²) >= 11 is 1.62. The van der Waals surface area contributed by atoms with Gasteiger partial charge in [0.15, 0.2) is 5.82 Å². The van der Waals surface area contributed by atoms with Crippen molar-refractivity contribution in [3.8, 4) is 21.8 Å². The van der Waals surface area contributed by atoms with Crippen molar-refractivity contribution in [2.75, 3.05) is 4.90 Å². The number of hydrogen-bond acceptors (Lipinski definition) is 7. The molecule has 190 valence electrons. The number of nitrogens with two attached hydrogens (primary N) is 1. The molecule has 2 amide bonds. The number of fused-ring (bicyclic) bond motifs is 1. The van der Waals surface area contributed by atoms with E-state index < -0.39 is 11.6 Å². The Kier molecular flexibility index (Phi) is 6.86. The first-order chi connectivity index (χ1) is 17.8. The average Bonchev–Trinajstić information content (AvgIpc) is 3.54. The molecular weight excluding hydrogens is 486 g/mol. The Morgan fingerprint density at radius 1 is 1.14 bits per heavy atom. The van der Waals surface area contributed by atoms with Gasteiger partial charge in [0.1, 0.15) is 6.04 Å². The minimum Gasteiger partial charge on any atom is -0.344 e. The van der Waals surface area contributed by atoms with Crippen molar-refractivity contribution < 1.29 is 9.59 Å². The summed E-state index contributed by atoms with van der Waals surface area (Å²) in [5.74, 6) is 0.270. The molecule has 3 heterocycles. The maximum absolute atomic E-state index is 13.8. The maximum atomic E-state index is 13.8. The monoisotopic (exact) mass is 515 g/mol. The van der Waals surface area contributed by atoms with Crippen LogP contribution in [0.4, 0.5) is 5.69 Å². The lowest BCUT2D eigenvalue weighted by Crippen LogP contribution is -2.49. The molecule has 0 fully saturated rings. The summed E-state index contributed by atoms with van der Waals surface area (Å²) in [5, 5.41) is 17.2. The molecule has 0 saturated carbocycles. The third-order valence-electron chi connectivity index (χ3n) is 6.27. The molecule has 2 aromatic carbocycles. The molecule has 0 radical (unpaired) electrons. The number of carbonyl (C=O) groups excluding carboxylic acids is 2. The molecular formula is C27H29N7O2S. The number of benzene rings is 2. The van der Waals surface area contributed by atoms with Gasteiger partial charge in [0.2, 0.25) is 11.8 Å². The van der Waals surface area contributed by atoms with E-state index in [0.717, 1.165) is 32.1 Å². The maximum Gasteiger partial charge on any atom is 0.249 e. The van der Waals surface area contributed by atoms with Crippen molar-refractivity contribution in [3.05, 3.63) is 71.1 Å². The zero-order valence-corrected chi connectivity index (χ0v) is 21.6. The number of amides is 2. The van der Waals surface area contributed by atoms with Crippen LogP contribution >= 0.6 is 11.3 Å². The fraction of sp³-hybridized carbons (Fsp3) is 0.296. The second-order valence-electron chi connectivity index (χ2n) is 9.94. The Labute approximate surface area is 219 Å². The quantitative estimate of drug-likeness (QED) is 0.344. The van der Waals surface area contributed by atoms with Crippen molar-refractivity contribution in [2.45, 2.75) is 51.2 Å². The smallest absolute Gasteiger partial charge is 0.249 e. The lowest BCUT2D eigenvalue weighted by Gasteiger charge is -2.27. The highest BCUT2D eigenvalue weighted by atomic mass is 32.1. The number of carbonyl (C=O) groups is 2. The average molecular weight is 516 g/mol. The number of nitrogens with one attached hydrogen (secondary N) is 2. The van der Waals surface area contributed by atoms with Crippen molar-refractivity contribution in [2.24, 2.45) is 5.73 Å². The predicted octanol–water partition coefficient (Wildman–Crippen LogP) is 3.69. The van der Waals surface area contributed by atoms with Gasteiger partial charge in [-0.1, -0.05) is 42.5 Å². The number of aromatic amines is 1. The number of thiophene rings is 1. The van der Waals surface area contributed by atoms with E-state index in [1.54, 1.807) is 30.1 Å². The van der Waals surface area contributed by atoms with E-state index in [4.69, 9.17) is 5.73 Å². The van der Waals surface area contributed by atoms with Gasteiger partial charge in [-0.05, 0) is 60.9 Å². The van der Waals surface area contributed by atoms with E-state index in [0.29, 0.717) is 25.2 Å². The van der Waals surface area contributed by atoms with Gasteiger partial charge in [0.05, 0.1) is 6.54 Å². The fourth-order valence-electron chi connectivity index (χ4n) is 4.61. The van der Waals surface area contributed by atoms with Gasteiger partial charge in [0.25, 0.3) is 0 Å². The van der Waals surface area contributed by atoms with Gasteiger partial charge < -0.3 is 16.0 Å². The van der Waals surface area contributed by atoms with E-state index in [2.05, 4.69) is 32.0 Å². The molecule has 10 heteroatoms. The molecule has 4 aromatic rings. The Hall–Kier alpha value is -3.89. The molecule has 1 atom stereocenters. The zero-order valence-electron chi connectivity index (χ0n) is 20.8. The van der Waals surface area contributed by atoms with E-state index in [9.17, 15) is 9.59 Å². The van der Waals surface area contributed by atoms with Crippen LogP contribution in [-0.2, 0) is 22.6 Å². The van der Waals surface area contributed by atoms with E-state index >= 15 is 0 Å². The standard InChI is InChI=1S/C27H29N7O2S/c1-27(2,28)15-24(35)29-21-13-11-17-7-3-6-10-22(17)34(26(21)36)16-18-12-14-23(37-18)19-8-4-5-9-20(19)25-30-32-33-31-25/h3-10,12,14,21H,11,13,15-16,28H2,1-2H3,(H,29,35)(H,30,31,32,33)/t21-/m1/s1. The van der Waals surface area contributed by atoms with E-state index in [1.807, 2.05) is 54.6 Å². The second kappa shape index (κ2) is 10.2. The number of tetrazole rings is 1. The van der Waals surface area contributed by atoms with Crippen LogP contribution in [0.2, 0.25) is 0 Å². The zero-order chi connectivity index (χ0) is 26.0. The molecule has 1 aliphatic rings. The Bertz CT molecular complexity index is 1410. The molecule has 5 rings (SSSR count). The Balaban J connectivity index is 1.42. The topological polar surface area (TPSA) is 130 Å². The highest BCUT2D eigenvalue weighted by Gasteiger charge is 2.32. The second-order valence-corrected chi connectivity index (χ2v) is 11.1. The minimum absolute atomic E-state index is 0.115. The molecule has 0 saturated heterocycles. The molecule has 4 N–H and O–H groups in total. The number of anilines is 1. The van der Waals surface area contributed by atoms with Crippen LogP contribution in [-0.4, -0.2) is 44.0 Å². The third-order valence-corrected chi connectivity index (χ3v) is 7.37. The summed E-state index contributed by atoms with van der Waals surface area (Å²) in [5.41, 5.74) is 9.27. The first-order valence-electron chi connectivity index (χ1n) is 12.2. The number of para-hydroxylation sites is 1. The summed E-state index contributed by atoms with van der Waals surface area (Å²) in [6, 6.07) is 19.4. The number of H-pyrrole nitrogens is 1. The fourth-order valence-corrected chi connectivity index (χ4v) is 5.65. The summed E-state index contributed by atoms with van der Waals surface area (Å²) in [7, 11) is 0. The van der Waals surface area contributed by atoms with Gasteiger partial charge >= 0.3 is 0 Å². The molecule has 2 aromatic heterocycles. The summed E-state index contributed by atoms with van der Waals surface area (Å²) in [6.45, 7) is 4.01. The molecule has 37 heavy (non-hydrogen) atoms. The molecule has 0 aliphatic carbocycles. The number of nitrogens with zero attached hydrogens (tertiary/aromatic N) is 4. The lowest BCUT2D eigenvalue weighted by molar-refractivity contribution is -0.128. The van der Waals surface area contributed by atoms with Crippen LogP contribution in [0.5, 0.6) is 0 Å². The Morgan fingerprint density at radius 3 is 2.65 bits per heavy atom. The van der Waals surface area contributed by atoms with Crippen LogP contribution in [0, 0.1) is 0 Å². The van der Waals surface area contributed by atoms with E-state index in [1.165, 1.54) is 0 Å². The van der Waals surface area contributed by atoms with Crippen molar-refractivity contribution in [3.63, 3.8) is 0 Å². The lowest BCUT2D eigenvalue weighted by atomic mass is 10.0. The van der Waals surface area contributed by atoms with Crippen LogP contribution in [0.15, 0.2) is 60.7 Å². The molecule has 1 aliphatic heterocycles. The Morgan fingerprint density at radius 2 is 1.89 bits per heavy atom. The van der Waals surface area contributed by atoms with Gasteiger partial charge in [-0.25, -0.2) is 5.10 Å². The molecule has 0 spiro atoms. The highest BCUT2D eigenvalue weighted by Crippen LogP contribution is 2.36. The normalized spacial score (nSPS) is 15.8. The third kappa shape index (κ3) is 5.60. The van der Waals surface area contributed by atoms with Crippen LogP contribution in [0.1, 0.15) is 37.1 Å². The first-order valence-corrected chi connectivity index (χ1v) is 13.0. The van der Waals surface area contributed by atoms with Crippen molar-refractivity contribution in [1.82, 2.24) is 25.9 Å². The SMILES string of the molecule is CC(C)(N)CC(=O)N[C@@H]1CCc2ccccc2N(Cc2ccc(-c3ccccc3-c3nnn[nH]3)s2)C1=O. The first kappa shape index (κ1) is 24.8. The molecule has 0 bridgehead atoms. The number of aryl methyl sites for hydroxylation is 1. The van der Waals surface area contributed by atoms with Gasteiger partial charge in [-0.3, -0.25) is 9.59 Å². The van der Waals surface area contributed by atoms with Gasteiger partial charge in [0, 0.05) is 38.5 Å². The summed E-state index contributed by atoms with van der Waals surface area (Å²) in [4.78, 5) is 30.3. The van der Waals surface area contributed by atoms with Gasteiger partial charge in [-0.2, -0.15) is 0 Å². The van der Waals surface area contributed by atoms with Crippen LogP contribution in [0.25, 0.3) is 21.8 Å².